The highest BCUT2D eigenvalue weighted by atomic mass is 16.3. The lowest BCUT2D eigenvalue weighted by molar-refractivity contribution is 0.0910. The van der Waals surface area contributed by atoms with Crippen molar-refractivity contribution < 1.29 is 9.21 Å². The summed E-state index contributed by atoms with van der Waals surface area (Å²) in [4.78, 5) is 14.9. The first-order valence-corrected chi connectivity index (χ1v) is 8.65. The molecule has 2 aliphatic heterocycles. The SMILES string of the molecule is C[C@@H]1Cc2ccccc2N1Cc1ccoc1C(=O)N[C@H]1CCNC1. The van der Waals surface area contributed by atoms with Crippen LogP contribution in [0.4, 0.5) is 5.69 Å². The molecule has 5 heteroatoms. The summed E-state index contributed by atoms with van der Waals surface area (Å²) in [6.45, 7) is 4.71. The molecule has 3 heterocycles. The third-order valence-corrected chi connectivity index (χ3v) is 5.04. The average molecular weight is 325 g/mol. The second kappa shape index (κ2) is 6.32. The fourth-order valence-corrected chi connectivity index (χ4v) is 3.74. The van der Waals surface area contributed by atoms with Gasteiger partial charge in [-0.15, -0.1) is 0 Å². The van der Waals surface area contributed by atoms with Gasteiger partial charge in [0, 0.05) is 36.4 Å². The first-order valence-electron chi connectivity index (χ1n) is 8.65. The van der Waals surface area contributed by atoms with Crippen LogP contribution in [0.3, 0.4) is 0 Å². The van der Waals surface area contributed by atoms with Gasteiger partial charge >= 0.3 is 0 Å². The predicted molar refractivity (Wildman–Crippen MR) is 93.2 cm³/mol. The number of nitrogens with zero attached hydrogens (tertiary/aromatic N) is 1. The minimum absolute atomic E-state index is 0.108. The van der Waals surface area contributed by atoms with Gasteiger partial charge in [-0.1, -0.05) is 18.2 Å². The van der Waals surface area contributed by atoms with E-state index < -0.39 is 0 Å². The molecule has 2 aromatic rings. The number of amides is 1. The van der Waals surface area contributed by atoms with E-state index in [1.807, 2.05) is 6.07 Å². The second-order valence-electron chi connectivity index (χ2n) is 6.75. The average Bonchev–Trinajstić information content (AvgIpc) is 3.29. The van der Waals surface area contributed by atoms with Crippen molar-refractivity contribution >= 4 is 11.6 Å². The maximum atomic E-state index is 12.5. The van der Waals surface area contributed by atoms with Crippen LogP contribution in [0.25, 0.3) is 0 Å². The molecule has 1 saturated heterocycles. The molecule has 1 aromatic heterocycles. The number of carbonyl (C=O) groups is 1. The Morgan fingerprint density at radius 2 is 2.25 bits per heavy atom. The third kappa shape index (κ3) is 2.80. The lowest BCUT2D eigenvalue weighted by Gasteiger charge is -2.24. The summed E-state index contributed by atoms with van der Waals surface area (Å²) < 4.78 is 5.51. The maximum Gasteiger partial charge on any atom is 0.287 e. The van der Waals surface area contributed by atoms with Crippen LogP contribution in [0.5, 0.6) is 0 Å². The van der Waals surface area contributed by atoms with Crippen LogP contribution in [0.1, 0.15) is 35.0 Å². The van der Waals surface area contributed by atoms with Gasteiger partial charge in [0.05, 0.1) is 6.26 Å². The van der Waals surface area contributed by atoms with Crippen molar-refractivity contribution in [2.24, 2.45) is 0 Å². The molecule has 1 fully saturated rings. The fourth-order valence-electron chi connectivity index (χ4n) is 3.74. The monoisotopic (exact) mass is 325 g/mol. The van der Waals surface area contributed by atoms with E-state index in [-0.39, 0.29) is 11.9 Å². The molecule has 4 rings (SSSR count). The van der Waals surface area contributed by atoms with Gasteiger partial charge in [-0.05, 0) is 44.0 Å². The fraction of sp³-hybridized carbons (Fsp3) is 0.421. The molecule has 0 bridgehead atoms. The lowest BCUT2D eigenvalue weighted by Crippen LogP contribution is -2.37. The van der Waals surface area contributed by atoms with Crippen LogP contribution in [-0.4, -0.2) is 31.1 Å². The number of furan rings is 1. The van der Waals surface area contributed by atoms with Crippen LogP contribution in [-0.2, 0) is 13.0 Å². The summed E-state index contributed by atoms with van der Waals surface area (Å²) >= 11 is 0. The van der Waals surface area contributed by atoms with E-state index >= 15 is 0 Å². The van der Waals surface area contributed by atoms with Gasteiger partial charge in [0.25, 0.3) is 5.91 Å². The molecule has 126 valence electrons. The van der Waals surface area contributed by atoms with Crippen molar-refractivity contribution in [2.45, 2.75) is 38.4 Å². The van der Waals surface area contributed by atoms with Crippen molar-refractivity contribution in [1.82, 2.24) is 10.6 Å². The van der Waals surface area contributed by atoms with Gasteiger partial charge in [-0.2, -0.15) is 0 Å². The first kappa shape index (κ1) is 15.3. The topological polar surface area (TPSA) is 57.5 Å². The number of fused-ring (bicyclic) bond motifs is 1. The quantitative estimate of drug-likeness (QED) is 0.906. The summed E-state index contributed by atoms with van der Waals surface area (Å²) in [6, 6.07) is 11.0. The summed E-state index contributed by atoms with van der Waals surface area (Å²) in [6.07, 6.45) is 3.63. The number of anilines is 1. The molecule has 1 aromatic carbocycles. The van der Waals surface area contributed by atoms with Gasteiger partial charge in [0.15, 0.2) is 5.76 Å². The summed E-state index contributed by atoms with van der Waals surface area (Å²) in [5.74, 6) is 0.335. The number of benzene rings is 1. The Kier molecular flexibility index (Phi) is 4.02. The molecule has 2 aliphatic rings. The Hall–Kier alpha value is -2.27. The zero-order chi connectivity index (χ0) is 16.5. The Bertz CT molecular complexity index is 734. The molecular formula is C19H23N3O2. The van der Waals surface area contributed by atoms with Crippen LogP contribution in [0.15, 0.2) is 41.0 Å². The standard InChI is InChI=1S/C19H23N3O2/c1-13-10-14-4-2-3-5-17(14)22(13)12-15-7-9-24-18(15)19(23)21-16-6-8-20-11-16/h2-5,7,9,13,16,20H,6,8,10-12H2,1H3,(H,21,23)/t13-,16+/m1/s1. The molecule has 0 spiro atoms. The zero-order valence-corrected chi connectivity index (χ0v) is 13.9. The number of hydrogen-bond acceptors (Lipinski definition) is 4. The molecule has 0 aliphatic carbocycles. The van der Waals surface area contributed by atoms with E-state index in [0.717, 1.165) is 31.5 Å². The van der Waals surface area contributed by atoms with Gasteiger partial charge in [-0.3, -0.25) is 4.79 Å². The van der Waals surface area contributed by atoms with Crippen LogP contribution < -0.4 is 15.5 Å². The van der Waals surface area contributed by atoms with Crippen molar-refractivity contribution in [3.63, 3.8) is 0 Å². The minimum Gasteiger partial charge on any atom is -0.459 e. The number of para-hydroxylation sites is 1. The molecule has 2 atom stereocenters. The number of carbonyl (C=O) groups excluding carboxylic acids is 1. The normalized spacial score (nSPS) is 22.6. The van der Waals surface area contributed by atoms with E-state index in [4.69, 9.17) is 4.42 Å². The molecule has 1 amide bonds. The highest BCUT2D eigenvalue weighted by molar-refractivity contribution is 5.93. The van der Waals surface area contributed by atoms with Gasteiger partial charge < -0.3 is 20.0 Å². The van der Waals surface area contributed by atoms with Crippen LogP contribution in [0.2, 0.25) is 0 Å². The molecule has 24 heavy (non-hydrogen) atoms. The molecule has 0 unspecified atom stereocenters. The zero-order valence-electron chi connectivity index (χ0n) is 13.9. The second-order valence-corrected chi connectivity index (χ2v) is 6.75. The molecule has 2 N–H and O–H groups in total. The van der Waals surface area contributed by atoms with Gasteiger partial charge in [0.1, 0.15) is 0 Å². The van der Waals surface area contributed by atoms with Gasteiger partial charge in [0.2, 0.25) is 0 Å². The minimum atomic E-state index is -0.108. The molecular weight excluding hydrogens is 302 g/mol. The number of rotatable bonds is 4. The highest BCUT2D eigenvalue weighted by Crippen LogP contribution is 2.33. The lowest BCUT2D eigenvalue weighted by atomic mass is 10.1. The highest BCUT2D eigenvalue weighted by Gasteiger charge is 2.28. The Morgan fingerprint density at radius 3 is 3.08 bits per heavy atom. The van der Waals surface area contributed by atoms with Gasteiger partial charge in [-0.25, -0.2) is 0 Å². The van der Waals surface area contributed by atoms with E-state index in [0.29, 0.717) is 18.3 Å². The Morgan fingerprint density at radius 1 is 1.38 bits per heavy atom. The summed E-state index contributed by atoms with van der Waals surface area (Å²) in [7, 11) is 0. The summed E-state index contributed by atoms with van der Waals surface area (Å²) in [5, 5.41) is 6.32. The number of nitrogens with one attached hydrogen (secondary N) is 2. The van der Waals surface area contributed by atoms with Crippen molar-refractivity contribution in [2.75, 3.05) is 18.0 Å². The van der Waals surface area contributed by atoms with E-state index in [1.54, 1.807) is 6.26 Å². The van der Waals surface area contributed by atoms with E-state index in [2.05, 4.69) is 46.7 Å². The van der Waals surface area contributed by atoms with Crippen molar-refractivity contribution in [1.29, 1.82) is 0 Å². The largest absolute Gasteiger partial charge is 0.459 e. The predicted octanol–water partition coefficient (Wildman–Crippen LogP) is 2.32. The third-order valence-electron chi connectivity index (χ3n) is 5.04. The molecule has 5 nitrogen and oxygen atoms in total. The van der Waals surface area contributed by atoms with Crippen molar-refractivity contribution in [3.05, 3.63) is 53.5 Å². The molecule has 0 saturated carbocycles. The van der Waals surface area contributed by atoms with E-state index in [1.165, 1.54) is 11.3 Å². The smallest absolute Gasteiger partial charge is 0.287 e. The van der Waals surface area contributed by atoms with Crippen LogP contribution in [0, 0.1) is 0 Å². The van der Waals surface area contributed by atoms with Crippen LogP contribution >= 0.6 is 0 Å². The first-order chi connectivity index (χ1) is 11.7. The van der Waals surface area contributed by atoms with Crippen molar-refractivity contribution in [3.8, 4) is 0 Å². The Balaban J connectivity index is 1.52. The number of hydrogen-bond donors (Lipinski definition) is 2. The van der Waals surface area contributed by atoms with E-state index in [9.17, 15) is 4.79 Å². The molecule has 0 radical (unpaired) electrons. The maximum absolute atomic E-state index is 12.5. The Labute approximate surface area is 142 Å². The summed E-state index contributed by atoms with van der Waals surface area (Å²) in [5.41, 5.74) is 3.58.